The third-order valence-corrected chi connectivity index (χ3v) is 5.84. The Morgan fingerprint density at radius 1 is 1.33 bits per heavy atom. The number of ether oxygens (including phenoxy) is 2. The number of hydrogen-bond acceptors (Lipinski definition) is 6. The maximum atomic E-state index is 12.4. The number of methoxy groups -OCH3 is 1. The number of benzene rings is 1. The maximum Gasteiger partial charge on any atom is 0.266 e. The highest BCUT2D eigenvalue weighted by Gasteiger charge is 2.30. The molecule has 0 atom stereocenters. The number of pyridine rings is 1. The number of halogens is 1. The molecule has 2 aromatic rings. The second kappa shape index (κ2) is 8.86. The minimum absolute atomic E-state index is 0.0689. The van der Waals surface area contributed by atoms with Crippen LogP contribution in [0.15, 0.2) is 46.0 Å². The van der Waals surface area contributed by atoms with Gasteiger partial charge in [-0.05, 0) is 64.3 Å². The number of rotatable bonds is 6. The molecule has 1 fully saturated rings. The van der Waals surface area contributed by atoms with Gasteiger partial charge in [0.1, 0.15) is 10.9 Å². The van der Waals surface area contributed by atoms with Crippen LogP contribution in [0.2, 0.25) is 0 Å². The molecule has 0 unspecified atom stereocenters. The fraction of sp³-hybridized carbons (Fsp3) is 0.211. The Bertz CT molecular complexity index is 903. The summed E-state index contributed by atoms with van der Waals surface area (Å²) in [5, 5.41) is 0. The van der Waals surface area contributed by atoms with Crippen molar-refractivity contribution in [1.82, 2.24) is 9.88 Å². The van der Waals surface area contributed by atoms with E-state index in [0.29, 0.717) is 33.9 Å². The summed E-state index contributed by atoms with van der Waals surface area (Å²) in [6.45, 7) is 2.87. The van der Waals surface area contributed by atoms with Crippen LogP contribution in [0, 0.1) is 0 Å². The highest BCUT2D eigenvalue weighted by molar-refractivity contribution is 9.10. The number of likely N-dealkylation sites (N-methyl/N-ethyl adjacent to an activating group) is 1. The Morgan fingerprint density at radius 2 is 2.07 bits per heavy atom. The van der Waals surface area contributed by atoms with E-state index in [0.717, 1.165) is 15.6 Å². The van der Waals surface area contributed by atoms with Crippen molar-refractivity contribution in [3.05, 3.63) is 57.2 Å². The van der Waals surface area contributed by atoms with Crippen LogP contribution < -0.4 is 9.47 Å². The van der Waals surface area contributed by atoms with Gasteiger partial charge in [-0.15, -0.1) is 0 Å². The van der Waals surface area contributed by atoms with Gasteiger partial charge in [-0.1, -0.05) is 24.0 Å². The molecule has 140 valence electrons. The van der Waals surface area contributed by atoms with E-state index in [1.807, 2.05) is 37.3 Å². The molecule has 2 heterocycles. The predicted molar refractivity (Wildman–Crippen MR) is 115 cm³/mol. The van der Waals surface area contributed by atoms with E-state index in [4.69, 9.17) is 21.7 Å². The summed E-state index contributed by atoms with van der Waals surface area (Å²) in [7, 11) is 1.58. The Kier molecular flexibility index (Phi) is 6.51. The van der Waals surface area contributed by atoms with Gasteiger partial charge in [0.2, 0.25) is 0 Å². The zero-order valence-corrected chi connectivity index (χ0v) is 18.0. The molecule has 0 radical (unpaired) electrons. The number of carbonyl (C=O) groups is 1. The molecule has 0 N–H and O–H groups in total. The lowest BCUT2D eigenvalue weighted by Gasteiger charge is -2.14. The Labute approximate surface area is 175 Å². The first-order valence-electron chi connectivity index (χ1n) is 8.18. The molecule has 8 heteroatoms. The SMILES string of the molecule is CCN1C(=O)/C(=C\c2cc(Br)c(OCc3ccncc3)c(OC)c2)SC1=S. The van der Waals surface area contributed by atoms with Crippen LogP contribution >= 0.6 is 39.9 Å². The molecule has 27 heavy (non-hydrogen) atoms. The second-order valence-corrected chi connectivity index (χ2v) is 8.13. The van der Waals surface area contributed by atoms with Gasteiger partial charge < -0.3 is 9.47 Å². The van der Waals surface area contributed by atoms with E-state index in [2.05, 4.69) is 20.9 Å². The van der Waals surface area contributed by atoms with Crippen LogP contribution in [-0.2, 0) is 11.4 Å². The number of nitrogens with zero attached hydrogens (tertiary/aromatic N) is 2. The van der Waals surface area contributed by atoms with Crippen LogP contribution in [0.1, 0.15) is 18.1 Å². The molecule has 3 rings (SSSR count). The molecule has 1 aliphatic rings. The van der Waals surface area contributed by atoms with Crippen molar-refractivity contribution in [2.24, 2.45) is 0 Å². The normalized spacial score (nSPS) is 15.5. The highest BCUT2D eigenvalue weighted by atomic mass is 79.9. The Hall–Kier alpha value is -1.90. The summed E-state index contributed by atoms with van der Waals surface area (Å²) < 4.78 is 12.7. The highest BCUT2D eigenvalue weighted by Crippen LogP contribution is 2.39. The number of thioether (sulfide) groups is 1. The van der Waals surface area contributed by atoms with Crippen molar-refractivity contribution in [3.63, 3.8) is 0 Å². The number of thiocarbonyl (C=S) groups is 1. The summed E-state index contributed by atoms with van der Waals surface area (Å²) in [6, 6.07) is 7.52. The molecular weight excluding hydrogens is 448 g/mol. The van der Waals surface area contributed by atoms with Crippen molar-refractivity contribution < 1.29 is 14.3 Å². The smallest absolute Gasteiger partial charge is 0.266 e. The number of carbonyl (C=O) groups excluding carboxylic acids is 1. The summed E-state index contributed by atoms with van der Waals surface area (Å²) in [4.78, 5) is 18.6. The van der Waals surface area contributed by atoms with Crippen molar-refractivity contribution in [3.8, 4) is 11.5 Å². The summed E-state index contributed by atoms with van der Waals surface area (Å²) in [5.74, 6) is 1.11. The number of amides is 1. The standard InChI is InChI=1S/C19H17BrN2O3S2/c1-3-22-18(23)16(27-19(22)26)10-13-8-14(20)17(15(9-13)24-2)25-11-12-4-6-21-7-5-12/h4-10H,3,11H2,1-2H3/b16-10+. The third kappa shape index (κ3) is 4.51. The zero-order chi connectivity index (χ0) is 19.4. The summed E-state index contributed by atoms with van der Waals surface area (Å²) >= 11 is 10.1. The fourth-order valence-electron chi connectivity index (χ4n) is 2.52. The van der Waals surface area contributed by atoms with E-state index < -0.39 is 0 Å². The lowest BCUT2D eigenvalue weighted by molar-refractivity contribution is -0.121. The fourth-order valence-corrected chi connectivity index (χ4v) is 4.48. The molecule has 1 aliphatic heterocycles. The van der Waals surface area contributed by atoms with E-state index in [9.17, 15) is 4.79 Å². The number of hydrogen-bond donors (Lipinski definition) is 0. The van der Waals surface area contributed by atoms with Crippen molar-refractivity contribution in [2.45, 2.75) is 13.5 Å². The van der Waals surface area contributed by atoms with Crippen LogP contribution in [-0.4, -0.2) is 33.8 Å². The van der Waals surface area contributed by atoms with Gasteiger partial charge in [0.15, 0.2) is 11.5 Å². The van der Waals surface area contributed by atoms with Gasteiger partial charge in [0.25, 0.3) is 5.91 Å². The molecule has 1 amide bonds. The molecule has 0 aliphatic carbocycles. The zero-order valence-electron chi connectivity index (χ0n) is 14.8. The molecule has 0 bridgehead atoms. The van der Waals surface area contributed by atoms with Crippen LogP contribution in [0.25, 0.3) is 6.08 Å². The van der Waals surface area contributed by atoms with E-state index in [1.165, 1.54) is 11.8 Å². The minimum atomic E-state index is -0.0689. The van der Waals surface area contributed by atoms with Crippen LogP contribution in [0.4, 0.5) is 0 Å². The van der Waals surface area contributed by atoms with Crippen LogP contribution in [0.5, 0.6) is 11.5 Å². The lowest BCUT2D eigenvalue weighted by Crippen LogP contribution is -2.27. The average Bonchev–Trinajstić information content (AvgIpc) is 2.93. The largest absolute Gasteiger partial charge is 0.493 e. The minimum Gasteiger partial charge on any atom is -0.493 e. The summed E-state index contributed by atoms with van der Waals surface area (Å²) in [5.41, 5.74) is 1.83. The topological polar surface area (TPSA) is 51.7 Å². The first-order chi connectivity index (χ1) is 13.0. The van der Waals surface area contributed by atoms with E-state index in [-0.39, 0.29) is 5.91 Å². The monoisotopic (exact) mass is 464 g/mol. The number of aromatic nitrogens is 1. The lowest BCUT2D eigenvalue weighted by atomic mass is 10.2. The maximum absolute atomic E-state index is 12.4. The van der Waals surface area contributed by atoms with E-state index >= 15 is 0 Å². The van der Waals surface area contributed by atoms with Gasteiger partial charge in [-0.25, -0.2) is 0 Å². The predicted octanol–water partition coefficient (Wildman–Crippen LogP) is 4.65. The van der Waals surface area contributed by atoms with Crippen molar-refractivity contribution in [1.29, 1.82) is 0 Å². The first-order valence-corrected chi connectivity index (χ1v) is 10.2. The van der Waals surface area contributed by atoms with E-state index in [1.54, 1.807) is 24.4 Å². The van der Waals surface area contributed by atoms with Crippen molar-refractivity contribution >= 4 is 56.2 Å². The van der Waals surface area contributed by atoms with Crippen molar-refractivity contribution in [2.75, 3.05) is 13.7 Å². The molecule has 1 aromatic heterocycles. The van der Waals surface area contributed by atoms with Gasteiger partial charge in [-0.3, -0.25) is 14.7 Å². The molecule has 1 aromatic carbocycles. The molecule has 1 saturated heterocycles. The first kappa shape index (κ1) is 19.9. The van der Waals surface area contributed by atoms with Gasteiger partial charge in [0, 0.05) is 18.9 Å². The molecule has 0 saturated carbocycles. The second-order valence-electron chi connectivity index (χ2n) is 5.60. The van der Waals surface area contributed by atoms with Gasteiger partial charge >= 0.3 is 0 Å². The summed E-state index contributed by atoms with van der Waals surface area (Å²) in [6.07, 6.45) is 5.26. The molecule has 5 nitrogen and oxygen atoms in total. The van der Waals surface area contributed by atoms with Gasteiger partial charge in [-0.2, -0.15) is 0 Å². The Morgan fingerprint density at radius 3 is 2.70 bits per heavy atom. The molecular formula is C19H17BrN2O3S2. The van der Waals surface area contributed by atoms with Gasteiger partial charge in [0.05, 0.1) is 16.5 Å². The quantitative estimate of drug-likeness (QED) is 0.457. The van der Waals surface area contributed by atoms with Crippen LogP contribution in [0.3, 0.4) is 0 Å². The third-order valence-electron chi connectivity index (χ3n) is 3.87. The Balaban J connectivity index is 1.85. The molecule has 0 spiro atoms. The average molecular weight is 465 g/mol.